The number of carbonyl (C=O) groups is 2. The molecule has 0 aliphatic rings. The molecule has 0 radical (unpaired) electrons. The first-order valence-electron chi connectivity index (χ1n) is 9.50. The molecule has 9 heteroatoms. The Labute approximate surface area is 178 Å². The minimum atomic E-state index is -0.499. The van der Waals surface area contributed by atoms with Gasteiger partial charge in [0.1, 0.15) is 11.4 Å². The SMILES string of the molecule is COc1ccc(-c2cc(C(=O)NNC(=O)Cc3cnn(-c4ccccc4)c3)[nH]n2)cc1. The first-order valence-corrected chi connectivity index (χ1v) is 9.50. The number of ether oxygens (including phenoxy) is 1. The van der Waals surface area contributed by atoms with Crippen LogP contribution in [0.2, 0.25) is 0 Å². The van der Waals surface area contributed by atoms with E-state index in [1.165, 1.54) is 0 Å². The molecule has 0 aliphatic carbocycles. The van der Waals surface area contributed by atoms with Crippen molar-refractivity contribution < 1.29 is 14.3 Å². The first kappa shape index (κ1) is 19.9. The molecule has 4 aromatic rings. The molecule has 0 saturated heterocycles. The van der Waals surface area contributed by atoms with Gasteiger partial charge in [-0.05, 0) is 48.0 Å². The average Bonchev–Trinajstić information content (AvgIpc) is 3.48. The number of nitrogens with zero attached hydrogens (tertiary/aromatic N) is 3. The quantitative estimate of drug-likeness (QED) is 0.417. The zero-order chi connectivity index (χ0) is 21.6. The third-order valence-corrected chi connectivity index (χ3v) is 4.55. The summed E-state index contributed by atoms with van der Waals surface area (Å²) in [6.07, 6.45) is 3.46. The fourth-order valence-corrected chi connectivity index (χ4v) is 2.94. The van der Waals surface area contributed by atoms with E-state index in [0.717, 1.165) is 22.6 Å². The van der Waals surface area contributed by atoms with E-state index in [4.69, 9.17) is 4.74 Å². The van der Waals surface area contributed by atoms with Crippen LogP contribution in [-0.2, 0) is 11.2 Å². The predicted octanol–water partition coefficient (Wildman–Crippen LogP) is 2.27. The van der Waals surface area contributed by atoms with Gasteiger partial charge in [0.05, 0.1) is 31.1 Å². The van der Waals surface area contributed by atoms with Crippen LogP contribution in [0.5, 0.6) is 5.75 Å². The molecule has 9 nitrogen and oxygen atoms in total. The highest BCUT2D eigenvalue weighted by molar-refractivity contribution is 5.94. The first-order chi connectivity index (χ1) is 15.1. The number of rotatable bonds is 6. The van der Waals surface area contributed by atoms with Gasteiger partial charge in [-0.2, -0.15) is 10.2 Å². The molecule has 2 amide bonds. The minimum absolute atomic E-state index is 0.0766. The van der Waals surface area contributed by atoms with Crippen LogP contribution in [0.25, 0.3) is 16.9 Å². The molecule has 4 rings (SSSR count). The number of hydrogen-bond donors (Lipinski definition) is 3. The largest absolute Gasteiger partial charge is 0.497 e. The van der Waals surface area contributed by atoms with E-state index in [-0.39, 0.29) is 18.0 Å². The minimum Gasteiger partial charge on any atom is -0.497 e. The summed E-state index contributed by atoms with van der Waals surface area (Å²) in [6, 6.07) is 18.5. The second-order valence-electron chi connectivity index (χ2n) is 6.70. The van der Waals surface area contributed by atoms with Crippen LogP contribution >= 0.6 is 0 Å². The topological polar surface area (TPSA) is 114 Å². The Hall–Kier alpha value is -4.40. The van der Waals surface area contributed by atoms with Crippen molar-refractivity contribution in [3.05, 3.63) is 84.3 Å². The second kappa shape index (κ2) is 8.95. The standard InChI is InChI=1S/C22H20N6O3/c1-31-18-9-7-16(8-10-18)19-12-20(25-24-19)22(30)27-26-21(29)11-15-13-23-28(14-15)17-5-3-2-4-6-17/h2-10,12-14H,11H2,1H3,(H,24,25)(H,26,29)(H,27,30). The van der Waals surface area contributed by atoms with Crippen LogP contribution in [0.4, 0.5) is 0 Å². The Balaban J connectivity index is 1.31. The molecule has 0 fully saturated rings. The lowest BCUT2D eigenvalue weighted by molar-refractivity contribution is -0.121. The molecule has 156 valence electrons. The summed E-state index contributed by atoms with van der Waals surface area (Å²) in [6.45, 7) is 0. The molecule has 0 aliphatic heterocycles. The van der Waals surface area contributed by atoms with E-state index >= 15 is 0 Å². The molecule has 0 unspecified atom stereocenters. The fraction of sp³-hybridized carbons (Fsp3) is 0.0909. The summed E-state index contributed by atoms with van der Waals surface area (Å²) >= 11 is 0. The Morgan fingerprint density at radius 2 is 1.84 bits per heavy atom. The lowest BCUT2D eigenvalue weighted by Crippen LogP contribution is -2.42. The number of H-pyrrole nitrogens is 1. The van der Waals surface area contributed by atoms with Crippen molar-refractivity contribution in [2.45, 2.75) is 6.42 Å². The average molecular weight is 416 g/mol. The van der Waals surface area contributed by atoms with Gasteiger partial charge in [-0.1, -0.05) is 18.2 Å². The highest BCUT2D eigenvalue weighted by Crippen LogP contribution is 2.21. The number of carbonyl (C=O) groups excluding carboxylic acids is 2. The van der Waals surface area contributed by atoms with Crippen LogP contribution in [0.3, 0.4) is 0 Å². The van der Waals surface area contributed by atoms with Crippen molar-refractivity contribution in [2.75, 3.05) is 7.11 Å². The Kier molecular flexibility index (Phi) is 5.75. The summed E-state index contributed by atoms with van der Waals surface area (Å²) < 4.78 is 6.82. The van der Waals surface area contributed by atoms with E-state index in [9.17, 15) is 9.59 Å². The lowest BCUT2D eigenvalue weighted by Gasteiger charge is -2.05. The van der Waals surface area contributed by atoms with Gasteiger partial charge < -0.3 is 4.74 Å². The van der Waals surface area contributed by atoms with Crippen molar-refractivity contribution in [1.82, 2.24) is 30.8 Å². The van der Waals surface area contributed by atoms with Gasteiger partial charge in [0.25, 0.3) is 5.91 Å². The highest BCUT2D eigenvalue weighted by Gasteiger charge is 2.13. The molecule has 2 aromatic carbocycles. The monoisotopic (exact) mass is 416 g/mol. The van der Waals surface area contributed by atoms with Crippen molar-refractivity contribution >= 4 is 11.8 Å². The van der Waals surface area contributed by atoms with Crippen molar-refractivity contribution in [3.8, 4) is 22.7 Å². The van der Waals surface area contributed by atoms with Crippen molar-refractivity contribution in [3.63, 3.8) is 0 Å². The molecule has 0 atom stereocenters. The molecular weight excluding hydrogens is 396 g/mol. The number of methoxy groups -OCH3 is 1. The predicted molar refractivity (Wildman–Crippen MR) is 113 cm³/mol. The number of aromatic amines is 1. The van der Waals surface area contributed by atoms with Gasteiger partial charge in [0, 0.05) is 11.8 Å². The zero-order valence-electron chi connectivity index (χ0n) is 16.7. The van der Waals surface area contributed by atoms with Crippen molar-refractivity contribution in [2.24, 2.45) is 0 Å². The van der Waals surface area contributed by atoms with Crippen LogP contribution in [0.1, 0.15) is 16.1 Å². The number of hydrazine groups is 1. The van der Waals surface area contributed by atoms with Gasteiger partial charge in [0.15, 0.2) is 0 Å². The third-order valence-electron chi connectivity index (χ3n) is 4.55. The number of nitrogens with one attached hydrogen (secondary N) is 3. The van der Waals surface area contributed by atoms with Crippen LogP contribution in [0, 0.1) is 0 Å². The van der Waals surface area contributed by atoms with Gasteiger partial charge in [-0.15, -0.1) is 0 Å². The highest BCUT2D eigenvalue weighted by atomic mass is 16.5. The smallest absolute Gasteiger partial charge is 0.287 e. The zero-order valence-corrected chi connectivity index (χ0v) is 16.7. The summed E-state index contributed by atoms with van der Waals surface area (Å²) in [4.78, 5) is 24.5. The molecule has 2 aromatic heterocycles. The van der Waals surface area contributed by atoms with Crippen LogP contribution < -0.4 is 15.6 Å². The summed E-state index contributed by atoms with van der Waals surface area (Å²) in [5, 5.41) is 11.1. The Morgan fingerprint density at radius 3 is 2.58 bits per heavy atom. The number of benzene rings is 2. The van der Waals surface area contributed by atoms with Crippen molar-refractivity contribution in [1.29, 1.82) is 0 Å². The summed E-state index contributed by atoms with van der Waals surface area (Å²) in [5.41, 5.74) is 8.06. The van der Waals surface area contributed by atoms with E-state index < -0.39 is 5.91 Å². The second-order valence-corrected chi connectivity index (χ2v) is 6.70. The van der Waals surface area contributed by atoms with E-state index in [2.05, 4.69) is 26.1 Å². The van der Waals surface area contributed by atoms with E-state index in [1.54, 1.807) is 30.3 Å². The molecule has 3 N–H and O–H groups in total. The summed E-state index contributed by atoms with van der Waals surface area (Å²) in [7, 11) is 1.59. The number of amides is 2. The molecule has 2 heterocycles. The molecule has 0 spiro atoms. The maximum atomic E-state index is 12.3. The normalized spacial score (nSPS) is 10.5. The van der Waals surface area contributed by atoms with Gasteiger partial charge >= 0.3 is 0 Å². The fourth-order valence-electron chi connectivity index (χ4n) is 2.94. The van der Waals surface area contributed by atoms with E-state index in [1.807, 2.05) is 54.6 Å². The van der Waals surface area contributed by atoms with Gasteiger partial charge in [0.2, 0.25) is 5.91 Å². The molecular formula is C22H20N6O3. The van der Waals surface area contributed by atoms with Crippen LogP contribution in [-0.4, -0.2) is 38.9 Å². The maximum absolute atomic E-state index is 12.3. The molecule has 0 bridgehead atoms. The lowest BCUT2D eigenvalue weighted by atomic mass is 10.1. The third kappa shape index (κ3) is 4.78. The number of hydrogen-bond acceptors (Lipinski definition) is 5. The number of para-hydroxylation sites is 1. The van der Waals surface area contributed by atoms with E-state index in [0.29, 0.717) is 5.69 Å². The molecule has 31 heavy (non-hydrogen) atoms. The maximum Gasteiger partial charge on any atom is 0.287 e. The van der Waals surface area contributed by atoms with Gasteiger partial charge in [-0.25, -0.2) is 4.68 Å². The van der Waals surface area contributed by atoms with Crippen LogP contribution in [0.15, 0.2) is 73.1 Å². The Bertz CT molecular complexity index is 1180. The summed E-state index contributed by atoms with van der Waals surface area (Å²) in [5.74, 6) is -0.134. The Morgan fingerprint density at radius 1 is 1.06 bits per heavy atom. The number of aromatic nitrogens is 4. The van der Waals surface area contributed by atoms with Gasteiger partial charge in [-0.3, -0.25) is 25.5 Å². The molecule has 0 saturated carbocycles.